The van der Waals surface area contributed by atoms with E-state index in [1.165, 1.54) is 12.1 Å². The second-order valence-corrected chi connectivity index (χ2v) is 6.97. The van der Waals surface area contributed by atoms with E-state index in [2.05, 4.69) is 0 Å². The molecule has 0 saturated heterocycles. The highest BCUT2D eigenvalue weighted by molar-refractivity contribution is 7.89. The Morgan fingerprint density at radius 3 is 2.45 bits per heavy atom. The van der Waals surface area contributed by atoms with Crippen molar-refractivity contribution in [1.82, 2.24) is 4.72 Å². The first-order valence-corrected chi connectivity index (χ1v) is 8.04. The van der Waals surface area contributed by atoms with Gasteiger partial charge in [0.15, 0.2) is 17.1 Å². The van der Waals surface area contributed by atoms with Gasteiger partial charge in [-0.25, -0.2) is 17.9 Å². The molecule has 1 atom stereocenters. The average Bonchev–Trinajstić information content (AvgIpc) is 2.44. The van der Waals surface area contributed by atoms with Gasteiger partial charge in [-0.1, -0.05) is 11.6 Å². The van der Waals surface area contributed by atoms with Gasteiger partial charge >= 0.3 is 5.97 Å². The number of hydrogen-bond acceptors (Lipinski definition) is 6. The molecule has 0 aliphatic carbocycles. The Morgan fingerprint density at radius 2 is 1.91 bits per heavy atom. The molecule has 1 unspecified atom stereocenters. The summed E-state index contributed by atoms with van der Waals surface area (Å²) in [5.41, 5.74) is -2.24. The summed E-state index contributed by atoms with van der Waals surface area (Å²) in [5, 5.41) is 18.2. The molecule has 122 valence electrons. The molecule has 10 heteroatoms. The highest BCUT2D eigenvalue weighted by atomic mass is 35.5. The monoisotopic (exact) mass is 351 g/mol. The Labute approximate surface area is 131 Å². The summed E-state index contributed by atoms with van der Waals surface area (Å²) in [4.78, 5) is 10.5. The van der Waals surface area contributed by atoms with E-state index < -0.39 is 28.1 Å². The maximum Gasteiger partial charge on any atom is 0.336 e. The van der Waals surface area contributed by atoms with Gasteiger partial charge in [-0.05, 0) is 6.92 Å². The van der Waals surface area contributed by atoms with Crippen LogP contribution in [-0.2, 0) is 14.8 Å². The summed E-state index contributed by atoms with van der Waals surface area (Å²) in [6.45, 7) is 0.864. The molecule has 0 bridgehead atoms. The van der Waals surface area contributed by atoms with Gasteiger partial charge in [-0.15, -0.1) is 0 Å². The molecule has 1 aromatic rings. The summed E-state index contributed by atoms with van der Waals surface area (Å²) in [6, 6.07) is 2.49. The molecule has 0 radical (unpaired) electrons. The van der Waals surface area contributed by atoms with Gasteiger partial charge in [0.05, 0.1) is 11.6 Å². The van der Waals surface area contributed by atoms with Crippen molar-refractivity contribution in [2.24, 2.45) is 0 Å². The van der Waals surface area contributed by atoms with Gasteiger partial charge in [0, 0.05) is 12.1 Å². The van der Waals surface area contributed by atoms with Crippen molar-refractivity contribution in [3.05, 3.63) is 17.2 Å². The lowest BCUT2D eigenvalue weighted by molar-refractivity contribution is -0.155. The van der Waals surface area contributed by atoms with Crippen LogP contribution in [0.15, 0.2) is 17.0 Å². The highest BCUT2D eigenvalue weighted by Crippen LogP contribution is 2.37. The molecule has 0 aromatic heterocycles. The number of carboxylic acids is 1. The number of rotatable bonds is 5. The molecule has 0 fully saturated rings. The van der Waals surface area contributed by atoms with E-state index in [1.807, 2.05) is 4.72 Å². The van der Waals surface area contributed by atoms with Crippen molar-refractivity contribution < 1.29 is 32.9 Å². The minimum Gasteiger partial charge on any atom is -0.486 e. The number of sulfonamides is 1. The predicted octanol–water partition coefficient (Wildman–Crippen LogP) is 0.225. The lowest BCUT2D eigenvalue weighted by atomic mass is 10.1. The summed E-state index contributed by atoms with van der Waals surface area (Å²) in [7, 11) is -4.13. The molecule has 3 N–H and O–H groups in total. The van der Waals surface area contributed by atoms with Crippen LogP contribution in [0.5, 0.6) is 11.5 Å². The molecule has 2 rings (SSSR count). The van der Waals surface area contributed by atoms with E-state index in [-0.39, 0.29) is 22.3 Å². The summed E-state index contributed by atoms with van der Waals surface area (Å²) in [6.07, 6.45) is 0. The Hall–Kier alpha value is -1.55. The molecular formula is C12H14ClNO7S. The molecule has 8 nitrogen and oxygen atoms in total. The van der Waals surface area contributed by atoms with Crippen LogP contribution in [-0.4, -0.2) is 50.0 Å². The van der Waals surface area contributed by atoms with Gasteiger partial charge in [0.25, 0.3) is 0 Å². The average molecular weight is 352 g/mol. The van der Waals surface area contributed by atoms with Crippen LogP contribution in [0.3, 0.4) is 0 Å². The topological polar surface area (TPSA) is 122 Å². The third kappa shape index (κ3) is 3.43. The van der Waals surface area contributed by atoms with Gasteiger partial charge in [0.1, 0.15) is 18.1 Å². The van der Waals surface area contributed by atoms with Crippen LogP contribution in [0, 0.1) is 0 Å². The number of carboxylic acid groups (broad SMARTS) is 1. The van der Waals surface area contributed by atoms with Gasteiger partial charge < -0.3 is 19.7 Å². The minimum absolute atomic E-state index is 0.105. The van der Waals surface area contributed by atoms with Gasteiger partial charge in [-0.3, -0.25) is 0 Å². The molecule has 0 spiro atoms. The summed E-state index contributed by atoms with van der Waals surface area (Å²) in [5.74, 6) is -1.00. The van der Waals surface area contributed by atoms with Crippen LogP contribution in [0.4, 0.5) is 0 Å². The fourth-order valence-corrected chi connectivity index (χ4v) is 3.30. The quantitative estimate of drug-likeness (QED) is 0.693. The second kappa shape index (κ2) is 5.92. The number of nitrogens with one attached hydrogen (secondary N) is 1. The van der Waals surface area contributed by atoms with Crippen LogP contribution in [0.2, 0.25) is 5.02 Å². The number of ether oxygens (including phenoxy) is 2. The number of aliphatic hydroxyl groups is 1. The fraction of sp³-hybridized carbons (Fsp3) is 0.417. The zero-order valence-electron chi connectivity index (χ0n) is 11.5. The third-order valence-corrected chi connectivity index (χ3v) is 4.82. The molecule has 22 heavy (non-hydrogen) atoms. The van der Waals surface area contributed by atoms with Crippen LogP contribution >= 0.6 is 11.6 Å². The number of carbonyl (C=O) groups is 1. The molecule has 0 amide bonds. The lowest BCUT2D eigenvalue weighted by Crippen LogP contribution is -2.46. The van der Waals surface area contributed by atoms with E-state index in [0.29, 0.717) is 12.4 Å². The normalized spacial score (nSPS) is 16.9. The standard InChI is InChI=1S/C12H14ClNO7S/c1-12(17,11(15)16)6-14-22(18,19)10-5-9-8(4-7(10)13)20-2-3-21-9/h4-5,14,17H,2-3,6H2,1H3,(H,15,16). The molecule has 0 saturated carbocycles. The molecular weight excluding hydrogens is 338 g/mol. The third-order valence-electron chi connectivity index (χ3n) is 2.95. The first-order valence-electron chi connectivity index (χ1n) is 6.18. The van der Waals surface area contributed by atoms with E-state index in [0.717, 1.165) is 6.92 Å². The smallest absolute Gasteiger partial charge is 0.336 e. The highest BCUT2D eigenvalue weighted by Gasteiger charge is 2.33. The van der Waals surface area contributed by atoms with E-state index >= 15 is 0 Å². The number of fused-ring (bicyclic) bond motifs is 1. The van der Waals surface area contributed by atoms with Crippen molar-refractivity contribution in [3.8, 4) is 11.5 Å². The SMILES string of the molecule is CC(O)(CNS(=O)(=O)c1cc2c(cc1Cl)OCCO2)C(=O)O. The Balaban J connectivity index is 2.28. The lowest BCUT2D eigenvalue weighted by Gasteiger charge is -2.21. The van der Waals surface area contributed by atoms with Crippen LogP contribution < -0.4 is 14.2 Å². The fourth-order valence-electron chi connectivity index (χ4n) is 1.64. The second-order valence-electron chi connectivity index (χ2n) is 4.83. The van der Waals surface area contributed by atoms with Gasteiger partial charge in [0.2, 0.25) is 10.0 Å². The summed E-state index contributed by atoms with van der Waals surface area (Å²) < 4.78 is 37.0. The van der Waals surface area contributed by atoms with Crippen LogP contribution in [0.1, 0.15) is 6.92 Å². The molecule has 1 aliphatic rings. The van der Waals surface area contributed by atoms with Crippen LogP contribution in [0.25, 0.3) is 0 Å². The first kappa shape index (κ1) is 16.8. The maximum atomic E-state index is 12.2. The molecule has 1 heterocycles. The van der Waals surface area contributed by atoms with E-state index in [1.54, 1.807) is 0 Å². The zero-order valence-corrected chi connectivity index (χ0v) is 13.1. The zero-order chi connectivity index (χ0) is 16.5. The number of hydrogen-bond donors (Lipinski definition) is 3. The Morgan fingerprint density at radius 1 is 1.36 bits per heavy atom. The Kier molecular flexibility index (Phi) is 4.52. The van der Waals surface area contributed by atoms with Crippen molar-refractivity contribution in [2.75, 3.05) is 19.8 Å². The molecule has 1 aliphatic heterocycles. The minimum atomic E-state index is -4.13. The van der Waals surface area contributed by atoms with E-state index in [9.17, 15) is 18.3 Å². The number of benzene rings is 1. The van der Waals surface area contributed by atoms with Crippen molar-refractivity contribution in [3.63, 3.8) is 0 Å². The van der Waals surface area contributed by atoms with Crippen molar-refractivity contribution in [2.45, 2.75) is 17.4 Å². The predicted molar refractivity (Wildman–Crippen MR) is 75.9 cm³/mol. The number of aliphatic carboxylic acids is 1. The van der Waals surface area contributed by atoms with Crippen molar-refractivity contribution >= 4 is 27.6 Å². The van der Waals surface area contributed by atoms with Crippen molar-refractivity contribution in [1.29, 1.82) is 0 Å². The number of halogens is 1. The Bertz CT molecular complexity index is 702. The first-order chi connectivity index (χ1) is 10.1. The van der Waals surface area contributed by atoms with E-state index in [4.69, 9.17) is 26.2 Å². The maximum absolute atomic E-state index is 12.2. The van der Waals surface area contributed by atoms with Gasteiger partial charge in [-0.2, -0.15) is 0 Å². The summed E-state index contributed by atoms with van der Waals surface area (Å²) >= 11 is 5.92. The molecule has 1 aromatic carbocycles. The largest absolute Gasteiger partial charge is 0.486 e.